The highest BCUT2D eigenvalue weighted by molar-refractivity contribution is 7.22. The number of nitrogens with zero attached hydrogens (tertiary/aromatic N) is 6. The van der Waals surface area contributed by atoms with Gasteiger partial charge in [0.05, 0.1) is 22.2 Å². The average molecular weight is 458 g/mol. The molecule has 0 aliphatic carbocycles. The van der Waals surface area contributed by atoms with E-state index in [9.17, 15) is 5.26 Å². The van der Waals surface area contributed by atoms with E-state index in [0.717, 1.165) is 50.4 Å². The number of anilines is 1. The van der Waals surface area contributed by atoms with Crippen LogP contribution in [-0.2, 0) is 7.05 Å². The van der Waals surface area contributed by atoms with Crippen molar-refractivity contribution in [3.8, 4) is 17.3 Å². The van der Waals surface area contributed by atoms with Crippen molar-refractivity contribution < 1.29 is 0 Å². The van der Waals surface area contributed by atoms with Crippen LogP contribution in [-0.4, -0.2) is 43.9 Å². The van der Waals surface area contributed by atoms with Crippen molar-refractivity contribution in [1.29, 1.82) is 5.26 Å². The van der Waals surface area contributed by atoms with E-state index in [2.05, 4.69) is 59.4 Å². The smallest absolute Gasteiger partial charge is 0.186 e. The van der Waals surface area contributed by atoms with Gasteiger partial charge >= 0.3 is 0 Å². The number of nitriles is 1. The molecule has 0 radical (unpaired) electrons. The van der Waals surface area contributed by atoms with Gasteiger partial charge in [-0.25, -0.2) is 4.98 Å². The van der Waals surface area contributed by atoms with Crippen LogP contribution in [0.4, 0.5) is 5.13 Å². The molecule has 4 aromatic rings. The van der Waals surface area contributed by atoms with Gasteiger partial charge in [0, 0.05) is 48.4 Å². The number of piperidine rings is 1. The first-order valence-corrected chi connectivity index (χ1v) is 12.2. The normalized spacial score (nSPS) is 26.7. The molecule has 3 aromatic heterocycles. The highest BCUT2D eigenvalue weighted by Gasteiger charge is 2.49. The van der Waals surface area contributed by atoms with Crippen molar-refractivity contribution in [2.24, 2.45) is 7.05 Å². The lowest BCUT2D eigenvalue weighted by molar-refractivity contribution is 0.208. The van der Waals surface area contributed by atoms with Crippen molar-refractivity contribution in [3.63, 3.8) is 0 Å². The van der Waals surface area contributed by atoms with Crippen LogP contribution in [0.1, 0.15) is 45.1 Å². The number of rotatable bonds is 3. The van der Waals surface area contributed by atoms with Crippen molar-refractivity contribution in [2.45, 2.75) is 56.7 Å². The van der Waals surface area contributed by atoms with Crippen LogP contribution in [0.3, 0.4) is 0 Å². The number of nitrogens with one attached hydrogen (secondary N) is 1. The third-order valence-electron chi connectivity index (χ3n) is 7.46. The molecule has 2 saturated heterocycles. The van der Waals surface area contributed by atoms with Gasteiger partial charge in [0.25, 0.3) is 0 Å². The lowest BCUT2D eigenvalue weighted by Crippen LogP contribution is -2.58. The predicted molar refractivity (Wildman–Crippen MR) is 132 cm³/mol. The Morgan fingerprint density at radius 1 is 1.21 bits per heavy atom. The van der Waals surface area contributed by atoms with Crippen molar-refractivity contribution in [3.05, 3.63) is 36.2 Å². The Hall–Kier alpha value is -3.02. The average Bonchev–Trinajstić information content (AvgIpc) is 3.43. The summed E-state index contributed by atoms with van der Waals surface area (Å²) in [6.45, 7) is 4.72. The van der Waals surface area contributed by atoms with Gasteiger partial charge in [-0.15, -0.1) is 0 Å². The van der Waals surface area contributed by atoms with E-state index in [-0.39, 0.29) is 11.1 Å². The summed E-state index contributed by atoms with van der Waals surface area (Å²) in [6, 6.07) is 8.78. The van der Waals surface area contributed by atoms with Gasteiger partial charge in [-0.3, -0.25) is 9.67 Å². The van der Waals surface area contributed by atoms with E-state index in [1.54, 1.807) is 16.0 Å². The summed E-state index contributed by atoms with van der Waals surface area (Å²) in [5.74, 6) is 0. The van der Waals surface area contributed by atoms with Crippen molar-refractivity contribution >= 4 is 37.6 Å². The molecule has 3 atom stereocenters. The molecule has 1 aromatic carbocycles. The largest absolute Gasteiger partial charge is 0.348 e. The number of aromatic nitrogens is 4. The summed E-state index contributed by atoms with van der Waals surface area (Å²) in [4.78, 5) is 12.0. The van der Waals surface area contributed by atoms with Crippen LogP contribution in [0.5, 0.6) is 0 Å². The summed E-state index contributed by atoms with van der Waals surface area (Å²) in [6.07, 6.45) is 8.55. The molecule has 0 unspecified atom stereocenters. The van der Waals surface area contributed by atoms with Crippen LogP contribution in [0.25, 0.3) is 32.4 Å². The first-order chi connectivity index (χ1) is 15.7. The molecule has 0 saturated carbocycles. The van der Waals surface area contributed by atoms with Gasteiger partial charge in [0.2, 0.25) is 0 Å². The molecular formula is C25H27N7S. The van der Waals surface area contributed by atoms with Crippen LogP contribution in [0.2, 0.25) is 0 Å². The maximum atomic E-state index is 9.62. The summed E-state index contributed by atoms with van der Waals surface area (Å²) >= 11 is 1.72. The maximum absolute atomic E-state index is 9.62. The maximum Gasteiger partial charge on any atom is 0.186 e. The topological polar surface area (TPSA) is 82.7 Å². The Balaban J connectivity index is 1.34. The number of benzene rings is 1. The molecule has 33 heavy (non-hydrogen) atoms. The Morgan fingerprint density at radius 3 is 2.70 bits per heavy atom. The predicted octanol–water partition coefficient (Wildman–Crippen LogP) is 4.62. The van der Waals surface area contributed by atoms with E-state index in [4.69, 9.17) is 4.98 Å². The fraction of sp³-hybridized carbons (Fsp3) is 0.440. The van der Waals surface area contributed by atoms with Crippen LogP contribution in [0, 0.1) is 11.3 Å². The number of aryl methyl sites for hydroxylation is 1. The summed E-state index contributed by atoms with van der Waals surface area (Å²) in [5, 5.41) is 19.9. The van der Waals surface area contributed by atoms with Crippen molar-refractivity contribution in [2.75, 3.05) is 11.9 Å². The second kappa shape index (κ2) is 6.99. The Morgan fingerprint density at radius 2 is 1.97 bits per heavy atom. The van der Waals surface area contributed by atoms with Gasteiger partial charge in [0.1, 0.15) is 17.1 Å². The molecule has 168 valence electrons. The quantitative estimate of drug-likeness (QED) is 0.484. The Kier molecular flexibility index (Phi) is 4.36. The molecule has 2 bridgehead atoms. The number of hydrogen-bond acceptors (Lipinski definition) is 7. The van der Waals surface area contributed by atoms with Crippen LogP contribution in [0.15, 0.2) is 30.6 Å². The number of hydrogen-bond donors (Lipinski definition) is 1. The fourth-order valence-electron chi connectivity index (χ4n) is 5.87. The van der Waals surface area contributed by atoms with E-state index in [1.807, 2.05) is 25.5 Å². The van der Waals surface area contributed by atoms with Gasteiger partial charge < -0.3 is 10.2 Å². The van der Waals surface area contributed by atoms with Gasteiger partial charge in [-0.2, -0.15) is 10.4 Å². The molecule has 1 N–H and O–H groups in total. The minimum absolute atomic E-state index is 0.223. The van der Waals surface area contributed by atoms with Gasteiger partial charge in [-0.1, -0.05) is 11.3 Å². The third kappa shape index (κ3) is 3.38. The third-order valence-corrected chi connectivity index (χ3v) is 8.57. The second-order valence-corrected chi connectivity index (χ2v) is 11.3. The van der Waals surface area contributed by atoms with Gasteiger partial charge in [-0.05, 0) is 57.7 Å². The minimum atomic E-state index is 0.223. The van der Waals surface area contributed by atoms with Crippen molar-refractivity contribution in [1.82, 2.24) is 25.1 Å². The highest BCUT2D eigenvalue weighted by atomic mass is 32.1. The second-order valence-electron chi connectivity index (χ2n) is 10.3. The number of thiazole rings is 1. The molecule has 8 heteroatoms. The molecule has 7 nitrogen and oxygen atoms in total. The monoisotopic (exact) mass is 457 g/mol. The first-order valence-electron chi connectivity index (χ1n) is 11.4. The zero-order valence-electron chi connectivity index (χ0n) is 19.4. The summed E-state index contributed by atoms with van der Waals surface area (Å²) in [7, 11) is 4.05. The van der Waals surface area contributed by atoms with E-state index >= 15 is 0 Å². The molecule has 0 spiro atoms. The molecule has 6 rings (SSSR count). The number of fused-ring (bicyclic) bond motifs is 4. The molecule has 5 heterocycles. The van der Waals surface area contributed by atoms with E-state index in [1.165, 1.54) is 12.8 Å². The minimum Gasteiger partial charge on any atom is -0.348 e. The molecule has 2 fully saturated rings. The molecule has 2 aliphatic rings. The fourth-order valence-corrected chi connectivity index (χ4v) is 6.88. The first kappa shape index (κ1) is 20.6. The van der Waals surface area contributed by atoms with E-state index < -0.39 is 0 Å². The van der Waals surface area contributed by atoms with Gasteiger partial charge in [0.15, 0.2) is 5.13 Å². The summed E-state index contributed by atoms with van der Waals surface area (Å²) < 4.78 is 2.85. The zero-order chi connectivity index (χ0) is 23.0. The zero-order valence-corrected chi connectivity index (χ0v) is 20.2. The molecular weight excluding hydrogens is 430 g/mol. The molecule has 0 amide bonds. The Labute approximate surface area is 197 Å². The lowest BCUT2D eigenvalue weighted by atomic mass is 9.84. The SMILES string of the molecule is CN(c1nc2cnc(-c3cc(C#N)c4nn(C)cc4c3)cc2s1)[C@@H]1C[C@]2(C)CC[C@](C)(C1)N2. The van der Waals surface area contributed by atoms with Crippen LogP contribution < -0.4 is 10.2 Å². The summed E-state index contributed by atoms with van der Waals surface area (Å²) in [5.41, 5.74) is 4.43. The van der Waals surface area contributed by atoms with E-state index in [0.29, 0.717) is 11.6 Å². The van der Waals surface area contributed by atoms with Crippen LogP contribution >= 0.6 is 11.3 Å². The lowest BCUT2D eigenvalue weighted by Gasteiger charge is -2.45. The standard InChI is InChI=1S/C25H27N7S/c1-24-5-6-25(2,30-24)11-18(10-24)32(4)23-28-20-13-27-19(9-21(20)33-23)15-7-16(12-26)22-17(8-15)14-31(3)29-22/h7-9,13-14,18,30H,5-6,10-11H2,1-4H3/t18-,24+,25-. The number of pyridine rings is 1. The molecule has 2 aliphatic heterocycles. The highest BCUT2D eigenvalue weighted by Crippen LogP contribution is 2.44. The Bertz CT molecular complexity index is 1430.